The van der Waals surface area contributed by atoms with E-state index in [0.29, 0.717) is 25.7 Å². The third-order valence-corrected chi connectivity index (χ3v) is 4.96. The maximum Gasteiger partial charge on any atom is 0.195 e. The maximum atomic E-state index is 5.78. The van der Waals surface area contributed by atoms with Crippen molar-refractivity contribution in [1.29, 1.82) is 0 Å². The number of aromatic nitrogens is 2. The van der Waals surface area contributed by atoms with Crippen molar-refractivity contribution < 1.29 is 9.47 Å². The summed E-state index contributed by atoms with van der Waals surface area (Å²) in [6.07, 6.45) is 0.854. The van der Waals surface area contributed by atoms with Crippen LogP contribution in [-0.4, -0.2) is 43.1 Å². The van der Waals surface area contributed by atoms with E-state index in [-0.39, 0.29) is 24.0 Å². The highest BCUT2D eigenvalue weighted by Gasteiger charge is 2.13. The predicted octanol–water partition coefficient (Wildman–Crippen LogP) is 4.71. The Balaban J connectivity index is 0.00000363. The molecule has 2 N–H and O–H groups in total. The summed E-state index contributed by atoms with van der Waals surface area (Å²) in [7, 11) is 3.45. The van der Waals surface area contributed by atoms with Crippen molar-refractivity contribution >= 4 is 35.6 Å². The molecule has 1 heterocycles. The number of nitrogens with one attached hydrogen (secondary N) is 2. The molecule has 8 heteroatoms. The number of aliphatic imine (C=N–C) groups is 1. The minimum atomic E-state index is 0. The predicted molar refractivity (Wildman–Crippen MR) is 141 cm³/mol. The van der Waals surface area contributed by atoms with E-state index in [4.69, 9.17) is 14.6 Å². The first-order chi connectivity index (χ1) is 15.1. The summed E-state index contributed by atoms with van der Waals surface area (Å²) < 4.78 is 12.8. The quantitative estimate of drug-likeness (QED) is 0.175. The van der Waals surface area contributed by atoms with Gasteiger partial charge in [-0.05, 0) is 38.1 Å². The number of aryl methyl sites for hydroxylation is 1. The smallest absolute Gasteiger partial charge is 0.195 e. The SMILES string of the molecule is CN=C(NCc1c(C)nn(-c2ccccc2)c1C)Nc1cccc(OCCCOC)c1.I. The molecule has 0 bridgehead atoms. The van der Waals surface area contributed by atoms with Gasteiger partial charge in [0.15, 0.2) is 5.96 Å². The number of ether oxygens (including phenoxy) is 2. The first kappa shape index (κ1) is 25.7. The molecule has 0 aliphatic heterocycles. The van der Waals surface area contributed by atoms with Crippen LogP contribution in [0, 0.1) is 13.8 Å². The Morgan fingerprint density at radius 2 is 1.84 bits per heavy atom. The number of para-hydroxylation sites is 1. The van der Waals surface area contributed by atoms with Gasteiger partial charge in [0.1, 0.15) is 5.75 Å². The van der Waals surface area contributed by atoms with Crippen LogP contribution in [0.15, 0.2) is 59.6 Å². The first-order valence-electron chi connectivity index (χ1n) is 10.4. The summed E-state index contributed by atoms with van der Waals surface area (Å²) in [4.78, 5) is 4.35. The molecule has 0 atom stereocenters. The van der Waals surface area contributed by atoms with Gasteiger partial charge >= 0.3 is 0 Å². The molecule has 0 saturated carbocycles. The highest BCUT2D eigenvalue weighted by atomic mass is 127. The Kier molecular flexibility index (Phi) is 10.5. The Morgan fingerprint density at radius 3 is 2.56 bits per heavy atom. The summed E-state index contributed by atoms with van der Waals surface area (Å²) in [5, 5.41) is 11.4. The van der Waals surface area contributed by atoms with Crippen LogP contribution in [0.3, 0.4) is 0 Å². The van der Waals surface area contributed by atoms with Crippen LogP contribution >= 0.6 is 24.0 Å². The van der Waals surface area contributed by atoms with E-state index in [1.165, 1.54) is 0 Å². The Morgan fingerprint density at radius 1 is 1.06 bits per heavy atom. The van der Waals surface area contributed by atoms with E-state index in [1.807, 2.05) is 54.1 Å². The van der Waals surface area contributed by atoms with Gasteiger partial charge in [0, 0.05) is 56.7 Å². The van der Waals surface area contributed by atoms with Crippen molar-refractivity contribution in [2.24, 2.45) is 4.99 Å². The molecule has 172 valence electrons. The van der Waals surface area contributed by atoms with E-state index in [1.54, 1.807) is 14.2 Å². The zero-order chi connectivity index (χ0) is 22.1. The van der Waals surface area contributed by atoms with Crippen molar-refractivity contribution in [2.75, 3.05) is 32.7 Å². The lowest BCUT2D eigenvalue weighted by atomic mass is 10.2. The monoisotopic (exact) mass is 549 g/mol. The van der Waals surface area contributed by atoms with Crippen molar-refractivity contribution in [2.45, 2.75) is 26.8 Å². The van der Waals surface area contributed by atoms with Crippen molar-refractivity contribution in [3.05, 3.63) is 71.5 Å². The maximum absolute atomic E-state index is 5.78. The highest BCUT2D eigenvalue weighted by molar-refractivity contribution is 14.0. The van der Waals surface area contributed by atoms with Gasteiger partial charge in [-0.3, -0.25) is 4.99 Å². The van der Waals surface area contributed by atoms with E-state index >= 15 is 0 Å². The number of nitrogens with zero attached hydrogens (tertiary/aromatic N) is 3. The van der Waals surface area contributed by atoms with Gasteiger partial charge < -0.3 is 20.1 Å². The lowest BCUT2D eigenvalue weighted by Crippen LogP contribution is -2.30. The normalized spacial score (nSPS) is 11.1. The number of hydrogen-bond donors (Lipinski definition) is 2. The lowest BCUT2D eigenvalue weighted by Gasteiger charge is -2.13. The number of hydrogen-bond acceptors (Lipinski definition) is 4. The van der Waals surface area contributed by atoms with Crippen LogP contribution in [0.25, 0.3) is 5.69 Å². The molecule has 3 aromatic rings. The number of anilines is 1. The summed E-state index contributed by atoms with van der Waals surface area (Å²) in [5.41, 5.74) is 5.22. The van der Waals surface area contributed by atoms with Crippen LogP contribution in [0.4, 0.5) is 5.69 Å². The molecule has 3 rings (SSSR count). The fourth-order valence-electron chi connectivity index (χ4n) is 3.30. The van der Waals surface area contributed by atoms with Crippen LogP contribution in [0.2, 0.25) is 0 Å². The summed E-state index contributed by atoms with van der Waals surface area (Å²) >= 11 is 0. The summed E-state index contributed by atoms with van der Waals surface area (Å²) in [5.74, 6) is 1.50. The summed E-state index contributed by atoms with van der Waals surface area (Å²) in [6.45, 7) is 6.05. The second-order valence-corrected chi connectivity index (χ2v) is 7.17. The fraction of sp³-hybridized carbons (Fsp3) is 0.333. The highest BCUT2D eigenvalue weighted by Crippen LogP contribution is 2.19. The minimum Gasteiger partial charge on any atom is -0.493 e. The Bertz CT molecular complexity index is 1000. The molecule has 7 nitrogen and oxygen atoms in total. The van der Waals surface area contributed by atoms with E-state index in [0.717, 1.165) is 40.5 Å². The largest absolute Gasteiger partial charge is 0.493 e. The van der Waals surface area contributed by atoms with Gasteiger partial charge in [0.05, 0.1) is 18.0 Å². The molecule has 0 radical (unpaired) electrons. The summed E-state index contributed by atoms with van der Waals surface area (Å²) in [6, 6.07) is 18.0. The van der Waals surface area contributed by atoms with Crippen LogP contribution in [0.1, 0.15) is 23.4 Å². The second-order valence-electron chi connectivity index (χ2n) is 7.17. The topological polar surface area (TPSA) is 72.7 Å². The molecule has 0 amide bonds. The van der Waals surface area contributed by atoms with Gasteiger partial charge in [-0.2, -0.15) is 5.10 Å². The number of benzene rings is 2. The van der Waals surface area contributed by atoms with Crippen LogP contribution in [0.5, 0.6) is 5.75 Å². The zero-order valence-corrected chi connectivity index (χ0v) is 21.4. The molecule has 0 fully saturated rings. The number of rotatable bonds is 9. The van der Waals surface area contributed by atoms with Gasteiger partial charge in [0.2, 0.25) is 0 Å². The number of methoxy groups -OCH3 is 1. The molecule has 1 aromatic heterocycles. The molecule has 32 heavy (non-hydrogen) atoms. The first-order valence-corrected chi connectivity index (χ1v) is 10.4. The van der Waals surface area contributed by atoms with E-state index in [2.05, 4.69) is 34.7 Å². The molecule has 0 saturated heterocycles. The molecule has 2 aromatic carbocycles. The van der Waals surface area contributed by atoms with Gasteiger partial charge in [-0.15, -0.1) is 24.0 Å². The van der Waals surface area contributed by atoms with Gasteiger partial charge in [-0.25, -0.2) is 4.68 Å². The molecular formula is C24H32IN5O2. The molecular weight excluding hydrogens is 517 g/mol. The van der Waals surface area contributed by atoms with Gasteiger partial charge in [-0.1, -0.05) is 24.3 Å². The van der Waals surface area contributed by atoms with Gasteiger partial charge in [0.25, 0.3) is 0 Å². The Hall–Kier alpha value is -2.59. The van der Waals surface area contributed by atoms with Crippen LogP contribution < -0.4 is 15.4 Å². The average Bonchev–Trinajstić information content (AvgIpc) is 3.08. The van der Waals surface area contributed by atoms with Crippen molar-refractivity contribution in [3.63, 3.8) is 0 Å². The standard InChI is InChI=1S/C24H31N5O2.HI/c1-18-23(19(2)29(28-18)21-11-6-5-7-12-21)17-26-24(25-3)27-20-10-8-13-22(16-20)31-15-9-14-30-4;/h5-8,10-13,16H,9,14-15,17H2,1-4H3,(H2,25,26,27);1H. The molecule has 0 unspecified atom stereocenters. The molecule has 0 spiro atoms. The van der Waals surface area contributed by atoms with Crippen molar-refractivity contribution in [3.8, 4) is 11.4 Å². The second kappa shape index (κ2) is 13.1. The van der Waals surface area contributed by atoms with E-state index < -0.39 is 0 Å². The van der Waals surface area contributed by atoms with Crippen LogP contribution in [-0.2, 0) is 11.3 Å². The molecule has 0 aliphatic carbocycles. The number of halogens is 1. The Labute approximate surface area is 207 Å². The third kappa shape index (κ3) is 6.96. The number of guanidine groups is 1. The fourth-order valence-corrected chi connectivity index (χ4v) is 3.30. The van der Waals surface area contributed by atoms with Crippen molar-refractivity contribution in [1.82, 2.24) is 15.1 Å². The average molecular weight is 549 g/mol. The zero-order valence-electron chi connectivity index (χ0n) is 19.1. The van der Waals surface area contributed by atoms with E-state index in [9.17, 15) is 0 Å². The molecule has 0 aliphatic rings. The minimum absolute atomic E-state index is 0. The lowest BCUT2D eigenvalue weighted by molar-refractivity contribution is 0.172. The third-order valence-electron chi connectivity index (χ3n) is 4.96.